The Morgan fingerprint density at radius 2 is 2.04 bits per heavy atom. The number of carbonyl (C=O) groups is 3. The Kier molecular flexibility index (Phi) is 5.12. The van der Waals surface area contributed by atoms with E-state index >= 15 is 0 Å². The van der Waals surface area contributed by atoms with E-state index in [0.717, 1.165) is 25.7 Å². The first kappa shape index (κ1) is 16.2. The van der Waals surface area contributed by atoms with Gasteiger partial charge in [0.2, 0.25) is 5.91 Å². The monoisotopic (exact) mass is 324 g/mol. The van der Waals surface area contributed by atoms with Crippen LogP contribution in [0.15, 0.2) is 0 Å². The van der Waals surface area contributed by atoms with Crippen molar-refractivity contribution in [2.45, 2.75) is 37.8 Å². The van der Waals surface area contributed by atoms with E-state index < -0.39 is 6.10 Å². The number of rotatable bonds is 4. The van der Waals surface area contributed by atoms with Gasteiger partial charge in [0.15, 0.2) is 0 Å². The molecule has 128 valence electrons. The third kappa shape index (κ3) is 4.00. The van der Waals surface area contributed by atoms with Gasteiger partial charge in [0.05, 0.1) is 13.2 Å². The zero-order valence-electron chi connectivity index (χ0n) is 13.3. The predicted octanol–water partition coefficient (Wildman–Crippen LogP) is -0.702. The number of nitrogens with zero attached hydrogens (tertiary/aromatic N) is 2. The number of carbonyl (C=O) groups excluding carboxylic acids is 3. The van der Waals surface area contributed by atoms with E-state index in [1.807, 2.05) is 4.90 Å². The molecule has 3 aliphatic rings. The molecule has 1 atom stereocenters. The van der Waals surface area contributed by atoms with Crippen LogP contribution in [0.4, 0.5) is 4.79 Å². The highest BCUT2D eigenvalue weighted by Gasteiger charge is 2.32. The van der Waals surface area contributed by atoms with Crippen LogP contribution in [0.3, 0.4) is 0 Å². The van der Waals surface area contributed by atoms with Crippen LogP contribution in [0.25, 0.3) is 0 Å². The molecular weight excluding hydrogens is 300 g/mol. The van der Waals surface area contributed by atoms with E-state index in [-0.39, 0.29) is 30.4 Å². The smallest absolute Gasteiger partial charge is 0.324 e. The zero-order chi connectivity index (χ0) is 16.2. The van der Waals surface area contributed by atoms with Gasteiger partial charge in [-0.3, -0.25) is 19.4 Å². The van der Waals surface area contributed by atoms with Crippen molar-refractivity contribution in [3.8, 4) is 0 Å². The van der Waals surface area contributed by atoms with Crippen LogP contribution in [0.5, 0.6) is 0 Å². The molecule has 2 N–H and O–H groups in total. The van der Waals surface area contributed by atoms with Crippen molar-refractivity contribution in [2.75, 3.05) is 39.3 Å². The van der Waals surface area contributed by atoms with Crippen molar-refractivity contribution < 1.29 is 19.1 Å². The number of amides is 4. The molecule has 2 heterocycles. The Labute approximate surface area is 135 Å². The van der Waals surface area contributed by atoms with Crippen molar-refractivity contribution in [3.63, 3.8) is 0 Å². The summed E-state index contributed by atoms with van der Waals surface area (Å²) >= 11 is 0. The van der Waals surface area contributed by atoms with E-state index in [9.17, 15) is 14.4 Å². The van der Waals surface area contributed by atoms with E-state index in [0.29, 0.717) is 32.8 Å². The first-order valence-corrected chi connectivity index (χ1v) is 8.36. The van der Waals surface area contributed by atoms with Crippen molar-refractivity contribution in [1.29, 1.82) is 0 Å². The number of morpholine rings is 1. The van der Waals surface area contributed by atoms with Crippen LogP contribution < -0.4 is 10.6 Å². The fraction of sp³-hybridized carbons (Fsp3) is 0.800. The Morgan fingerprint density at radius 1 is 1.26 bits per heavy atom. The highest BCUT2D eigenvalue weighted by molar-refractivity contribution is 5.96. The topological polar surface area (TPSA) is 91.0 Å². The van der Waals surface area contributed by atoms with Gasteiger partial charge >= 0.3 is 6.03 Å². The van der Waals surface area contributed by atoms with Crippen LogP contribution in [-0.2, 0) is 14.3 Å². The van der Waals surface area contributed by atoms with Gasteiger partial charge in [0.1, 0.15) is 6.10 Å². The van der Waals surface area contributed by atoms with Gasteiger partial charge in [0.25, 0.3) is 5.91 Å². The number of hydrogen-bond acceptors (Lipinski definition) is 5. The van der Waals surface area contributed by atoms with Crippen molar-refractivity contribution in [3.05, 3.63) is 0 Å². The molecule has 3 rings (SSSR count). The summed E-state index contributed by atoms with van der Waals surface area (Å²) in [4.78, 5) is 39.1. The summed E-state index contributed by atoms with van der Waals surface area (Å²) in [6.45, 7) is 2.45. The summed E-state index contributed by atoms with van der Waals surface area (Å²) in [6, 6.07) is -0.0739. The number of hydrogen-bond donors (Lipinski definition) is 2. The molecule has 0 spiro atoms. The molecular formula is C15H24N4O4. The average molecular weight is 324 g/mol. The second-order valence-electron chi connectivity index (χ2n) is 6.36. The van der Waals surface area contributed by atoms with E-state index in [4.69, 9.17) is 4.74 Å². The summed E-state index contributed by atoms with van der Waals surface area (Å²) in [5.74, 6) is -0.315. The fourth-order valence-electron chi connectivity index (χ4n) is 3.36. The highest BCUT2D eigenvalue weighted by Crippen LogP contribution is 2.18. The Bertz CT molecular complexity index is 478. The summed E-state index contributed by atoms with van der Waals surface area (Å²) in [7, 11) is 0. The van der Waals surface area contributed by atoms with Crippen LogP contribution >= 0.6 is 0 Å². The van der Waals surface area contributed by atoms with Crippen LogP contribution in [0.1, 0.15) is 25.7 Å². The molecule has 0 bridgehead atoms. The molecule has 1 unspecified atom stereocenters. The molecule has 3 fully saturated rings. The van der Waals surface area contributed by atoms with Gasteiger partial charge in [-0.05, 0) is 12.8 Å². The molecule has 8 nitrogen and oxygen atoms in total. The fourth-order valence-corrected chi connectivity index (χ4v) is 3.36. The molecule has 8 heteroatoms. The standard InChI is InChI=1S/C15H24N4O4/c20-13(19-6-5-16-15(19)22)10-18-7-8-23-12(9-18)14(21)17-11-3-1-2-4-11/h11-12H,1-10H2,(H,16,22)(H,17,21). The third-order valence-electron chi connectivity index (χ3n) is 4.66. The molecule has 0 radical (unpaired) electrons. The quantitative estimate of drug-likeness (QED) is 0.713. The lowest BCUT2D eigenvalue weighted by molar-refractivity contribution is -0.142. The first-order valence-electron chi connectivity index (χ1n) is 8.36. The molecule has 2 aliphatic heterocycles. The van der Waals surface area contributed by atoms with E-state index in [1.54, 1.807) is 0 Å². The first-order chi connectivity index (χ1) is 11.1. The van der Waals surface area contributed by atoms with Gasteiger partial charge in [0, 0.05) is 32.2 Å². The molecule has 1 saturated carbocycles. The minimum absolute atomic E-state index is 0.0898. The molecule has 1 aliphatic carbocycles. The maximum atomic E-state index is 12.3. The van der Waals surface area contributed by atoms with E-state index in [1.165, 1.54) is 4.90 Å². The van der Waals surface area contributed by atoms with Gasteiger partial charge < -0.3 is 15.4 Å². The molecule has 4 amide bonds. The zero-order valence-corrected chi connectivity index (χ0v) is 13.3. The van der Waals surface area contributed by atoms with Crippen LogP contribution in [0, 0.1) is 0 Å². The van der Waals surface area contributed by atoms with E-state index in [2.05, 4.69) is 10.6 Å². The van der Waals surface area contributed by atoms with Crippen molar-refractivity contribution in [1.82, 2.24) is 20.4 Å². The van der Waals surface area contributed by atoms with Crippen molar-refractivity contribution in [2.24, 2.45) is 0 Å². The average Bonchev–Trinajstić information content (AvgIpc) is 3.19. The third-order valence-corrected chi connectivity index (χ3v) is 4.66. The maximum absolute atomic E-state index is 12.3. The molecule has 2 saturated heterocycles. The Hall–Kier alpha value is -1.67. The normalized spacial score (nSPS) is 26.3. The van der Waals surface area contributed by atoms with Crippen molar-refractivity contribution >= 4 is 17.8 Å². The van der Waals surface area contributed by atoms with Gasteiger partial charge in [-0.15, -0.1) is 0 Å². The Balaban J connectivity index is 1.48. The van der Waals surface area contributed by atoms with Gasteiger partial charge in [-0.1, -0.05) is 12.8 Å². The Morgan fingerprint density at radius 3 is 2.74 bits per heavy atom. The van der Waals surface area contributed by atoms with Gasteiger partial charge in [-0.2, -0.15) is 0 Å². The number of urea groups is 1. The van der Waals surface area contributed by atoms with Crippen LogP contribution in [0.2, 0.25) is 0 Å². The summed E-state index contributed by atoms with van der Waals surface area (Å²) in [6.07, 6.45) is 3.85. The van der Waals surface area contributed by atoms with Crippen LogP contribution in [-0.4, -0.2) is 79.1 Å². The second-order valence-corrected chi connectivity index (χ2v) is 6.36. The summed E-state index contributed by atoms with van der Waals surface area (Å²) < 4.78 is 5.55. The minimum Gasteiger partial charge on any atom is -0.366 e. The lowest BCUT2D eigenvalue weighted by Gasteiger charge is -2.32. The lowest BCUT2D eigenvalue weighted by atomic mass is 10.2. The number of nitrogens with one attached hydrogen (secondary N) is 2. The largest absolute Gasteiger partial charge is 0.366 e. The predicted molar refractivity (Wildman–Crippen MR) is 81.7 cm³/mol. The second kappa shape index (κ2) is 7.27. The SMILES string of the molecule is O=C(NC1CCCC1)C1CN(CC(=O)N2CCNC2=O)CCO1. The molecule has 23 heavy (non-hydrogen) atoms. The minimum atomic E-state index is -0.537. The summed E-state index contributed by atoms with van der Waals surface area (Å²) in [5.41, 5.74) is 0. The highest BCUT2D eigenvalue weighted by atomic mass is 16.5. The van der Waals surface area contributed by atoms with Gasteiger partial charge in [-0.25, -0.2) is 4.79 Å². The molecule has 0 aromatic carbocycles. The number of ether oxygens (including phenoxy) is 1. The molecule has 0 aromatic heterocycles. The molecule has 0 aromatic rings. The maximum Gasteiger partial charge on any atom is 0.324 e. The number of imide groups is 1. The lowest BCUT2D eigenvalue weighted by Crippen LogP contribution is -2.53. The summed E-state index contributed by atoms with van der Waals surface area (Å²) in [5, 5.41) is 5.65.